The molecule has 8 heteroatoms. The largest absolute Gasteiger partial charge is 0.498 e. The van der Waals surface area contributed by atoms with Crippen LogP contribution in [0.4, 0.5) is 0 Å². The monoisotopic (exact) mass is 1450 g/mol. The van der Waals surface area contributed by atoms with Crippen molar-refractivity contribution in [2.75, 3.05) is 0 Å². The molecule has 1 aliphatic rings. The zero-order valence-electron chi connectivity index (χ0n) is 59.7. The van der Waals surface area contributed by atoms with Gasteiger partial charge in [0, 0.05) is 80.5 Å². The molecule has 6 nitrogen and oxygen atoms in total. The molecule has 1 aliphatic heterocycles. The van der Waals surface area contributed by atoms with Crippen molar-refractivity contribution in [3.05, 3.63) is 332 Å². The molecule has 0 aliphatic carbocycles. The van der Waals surface area contributed by atoms with Crippen LogP contribution in [0.3, 0.4) is 0 Å². The average molecular weight is 1450 g/mol. The highest BCUT2D eigenvalue weighted by Gasteiger charge is 2.52. The summed E-state index contributed by atoms with van der Waals surface area (Å²) < 4.78 is 27.3. The number of hydrogen-bond acceptors (Lipinski definition) is 6. The van der Waals surface area contributed by atoms with Crippen LogP contribution in [-0.4, -0.2) is 28.3 Å². The Balaban J connectivity index is 0.000000109. The van der Waals surface area contributed by atoms with Crippen LogP contribution in [0.1, 0.15) is 27.7 Å². The summed E-state index contributed by atoms with van der Waals surface area (Å²) in [7, 11) is -0.475. The van der Waals surface area contributed by atoms with Gasteiger partial charge in [0.15, 0.2) is 0 Å². The molecule has 0 bridgehead atoms. The Morgan fingerprint density at radius 2 is 0.620 bits per heavy atom. The molecule has 22 aromatic rings. The Morgan fingerprint density at radius 1 is 0.269 bits per heavy atom. The molecule has 0 atom stereocenters. The molecular weight excluding hydrogens is 1380 g/mol. The lowest BCUT2D eigenvalue weighted by molar-refractivity contribution is 0.00578. The normalized spacial score (nSPS) is 13.7. The molecule has 0 saturated carbocycles. The molecule has 0 unspecified atom stereocenters. The van der Waals surface area contributed by atoms with E-state index >= 15 is 0 Å². The summed E-state index contributed by atoms with van der Waals surface area (Å²) in [5, 5.41) is 30.9. The smallest absolute Gasteiger partial charge is 0.456 e. The maximum absolute atomic E-state index is 6.93. The van der Waals surface area contributed by atoms with E-state index in [4.69, 9.17) is 28.1 Å². The Hall–Kier alpha value is -12.6. The highest BCUT2D eigenvalue weighted by atomic mass is 79.9. The number of aromatic nitrogens is 2. The minimum Gasteiger partial charge on any atom is -0.456 e. The first-order chi connectivity index (χ1) is 52.9. The first kappa shape index (κ1) is 63.9. The Bertz CT molecular complexity index is 7520. The summed E-state index contributed by atoms with van der Waals surface area (Å²) in [5.41, 5.74) is 12.2. The van der Waals surface area contributed by atoms with Gasteiger partial charge in [-0.15, -0.1) is 0 Å². The molecule has 1 fully saturated rings. The molecule has 510 valence electrons. The molecular formula is C100H66BBrN2O4. The van der Waals surface area contributed by atoms with E-state index in [0.29, 0.717) is 0 Å². The second-order valence-electron chi connectivity index (χ2n) is 29.7. The van der Waals surface area contributed by atoms with Crippen molar-refractivity contribution in [2.45, 2.75) is 38.9 Å². The van der Waals surface area contributed by atoms with Gasteiger partial charge >= 0.3 is 7.12 Å². The minimum absolute atomic E-state index is 0.406. The SMILES string of the molecule is Brc1cc2c(-c3ccccc3)nc3cc4ccccc4cc3c2c2ccccc12.CC1(C)OB(c2cc3ccccc3c3c2oc2cc4ccccc4cc23)OC1(C)C.c1ccc(-c2nc3cc4ccccc4cc3c3c2cc(-c2cc4ccccc4c4c2oc2cc5ccccc5cc24)c2ccccc23)cc1. The summed E-state index contributed by atoms with van der Waals surface area (Å²) in [5.74, 6) is 0. The lowest BCUT2D eigenvalue weighted by Crippen LogP contribution is -2.41. The summed E-state index contributed by atoms with van der Waals surface area (Å²) in [6, 6.07) is 117. The van der Waals surface area contributed by atoms with Gasteiger partial charge in [-0.1, -0.05) is 277 Å². The average Bonchev–Trinajstić information content (AvgIpc) is 1.04. The summed E-state index contributed by atoms with van der Waals surface area (Å²) >= 11 is 3.80. The Kier molecular flexibility index (Phi) is 14.7. The van der Waals surface area contributed by atoms with Gasteiger partial charge in [0.2, 0.25) is 0 Å². The van der Waals surface area contributed by atoms with Crippen molar-refractivity contribution >= 4 is 202 Å². The van der Waals surface area contributed by atoms with Crippen LogP contribution in [0.5, 0.6) is 0 Å². The van der Waals surface area contributed by atoms with Gasteiger partial charge in [-0.25, -0.2) is 9.97 Å². The molecule has 0 radical (unpaired) electrons. The second kappa shape index (κ2) is 24.8. The number of halogens is 1. The van der Waals surface area contributed by atoms with E-state index < -0.39 is 18.3 Å². The van der Waals surface area contributed by atoms with Gasteiger partial charge in [0.25, 0.3) is 0 Å². The number of furan rings is 2. The predicted octanol–water partition coefficient (Wildman–Crippen LogP) is 27.5. The molecule has 1 saturated heterocycles. The standard InChI is InChI=1S/C47H27NO.C27H16BrN.C26H23BO3/c1-2-12-28(13-3-1)46-41-27-37(35-20-10-11-21-36(35)44(41)39-22-29-14-4-6-16-31(29)25-42(39)48-46)38-24-33-18-8-9-19-34(33)45-40-23-30-15-5-7-17-32(30)26-43(40)49-47(38)45;28-24-16-23-26(21-13-7-6-12-20(21)24)22-14-18-10-4-5-11-19(18)15-25(22)29-27(23)17-8-2-1-3-9-17;1-25(2)26(3,4)30-27(29-25)21-14-18-11-7-8-12-19(18)23-20-13-16-9-5-6-10-17(16)15-22(20)28-24(21)23/h1-27H;1-16H;5-15H,1-4H3. The number of fused-ring (bicyclic) bond motifs is 24. The van der Waals surface area contributed by atoms with Crippen molar-refractivity contribution in [1.29, 1.82) is 0 Å². The van der Waals surface area contributed by atoms with Crippen LogP contribution >= 0.6 is 15.9 Å². The van der Waals surface area contributed by atoms with Crippen molar-refractivity contribution in [3.8, 4) is 33.6 Å². The molecule has 5 heterocycles. The molecule has 18 aromatic carbocycles. The number of nitrogens with zero attached hydrogens (tertiary/aromatic N) is 2. The zero-order valence-corrected chi connectivity index (χ0v) is 61.2. The van der Waals surface area contributed by atoms with Crippen molar-refractivity contribution in [2.24, 2.45) is 0 Å². The molecule has 4 aromatic heterocycles. The van der Waals surface area contributed by atoms with Crippen LogP contribution in [0.25, 0.3) is 207 Å². The van der Waals surface area contributed by atoms with Gasteiger partial charge < -0.3 is 18.1 Å². The van der Waals surface area contributed by atoms with Gasteiger partial charge in [-0.2, -0.15) is 0 Å². The summed E-state index contributed by atoms with van der Waals surface area (Å²) in [6.45, 7) is 8.32. The molecule has 0 amide bonds. The minimum atomic E-state index is -0.475. The van der Waals surface area contributed by atoms with Gasteiger partial charge in [-0.3, -0.25) is 0 Å². The fraction of sp³-hybridized carbons (Fsp3) is 0.0600. The van der Waals surface area contributed by atoms with Crippen molar-refractivity contribution in [1.82, 2.24) is 9.97 Å². The van der Waals surface area contributed by atoms with Gasteiger partial charge in [0.05, 0.1) is 33.6 Å². The van der Waals surface area contributed by atoms with E-state index in [-0.39, 0.29) is 0 Å². The van der Waals surface area contributed by atoms with Crippen LogP contribution in [0.2, 0.25) is 0 Å². The number of rotatable bonds is 4. The van der Waals surface area contributed by atoms with E-state index in [2.05, 4.69) is 365 Å². The van der Waals surface area contributed by atoms with Crippen molar-refractivity contribution in [3.63, 3.8) is 0 Å². The zero-order chi connectivity index (χ0) is 72.1. The number of hydrogen-bond donors (Lipinski definition) is 0. The fourth-order valence-electron chi connectivity index (χ4n) is 16.9. The lowest BCUT2D eigenvalue weighted by Gasteiger charge is -2.32. The first-order valence-electron chi connectivity index (χ1n) is 36.9. The maximum atomic E-state index is 6.93. The maximum Gasteiger partial charge on any atom is 0.498 e. The van der Waals surface area contributed by atoms with E-state index in [1.807, 2.05) is 6.07 Å². The third-order valence-electron chi connectivity index (χ3n) is 22.9. The molecule has 0 spiro atoms. The molecule has 108 heavy (non-hydrogen) atoms. The predicted molar refractivity (Wildman–Crippen MR) is 459 cm³/mol. The Labute approximate surface area is 630 Å². The fourth-order valence-corrected chi connectivity index (χ4v) is 17.5. The van der Waals surface area contributed by atoms with Crippen LogP contribution in [0.15, 0.2) is 341 Å². The van der Waals surface area contributed by atoms with Gasteiger partial charge in [0.1, 0.15) is 22.3 Å². The van der Waals surface area contributed by atoms with E-state index in [1.54, 1.807) is 0 Å². The third kappa shape index (κ3) is 10.3. The first-order valence-corrected chi connectivity index (χ1v) is 37.7. The highest BCUT2D eigenvalue weighted by molar-refractivity contribution is 9.10. The lowest BCUT2D eigenvalue weighted by atomic mass is 9.76. The quantitative estimate of drug-likeness (QED) is 0.0993. The summed E-state index contributed by atoms with van der Waals surface area (Å²) in [4.78, 5) is 10.6. The van der Waals surface area contributed by atoms with E-state index in [0.717, 1.165) is 115 Å². The third-order valence-corrected chi connectivity index (χ3v) is 23.5. The molecule has 0 N–H and O–H groups in total. The number of pyridine rings is 2. The Morgan fingerprint density at radius 3 is 1.10 bits per heavy atom. The topological polar surface area (TPSA) is 70.5 Å². The van der Waals surface area contributed by atoms with E-state index in [1.165, 1.54) is 102 Å². The highest BCUT2D eigenvalue weighted by Crippen LogP contribution is 2.49. The van der Waals surface area contributed by atoms with Crippen LogP contribution in [-0.2, 0) is 9.31 Å². The van der Waals surface area contributed by atoms with Crippen molar-refractivity contribution < 1.29 is 18.1 Å². The number of benzene rings is 18. The van der Waals surface area contributed by atoms with Crippen LogP contribution < -0.4 is 5.46 Å². The van der Waals surface area contributed by atoms with Gasteiger partial charge in [-0.05, 0) is 186 Å². The molecule has 23 rings (SSSR count). The summed E-state index contributed by atoms with van der Waals surface area (Å²) in [6.07, 6.45) is 0. The van der Waals surface area contributed by atoms with Crippen LogP contribution in [0, 0.1) is 0 Å². The van der Waals surface area contributed by atoms with E-state index in [9.17, 15) is 0 Å². The second-order valence-corrected chi connectivity index (χ2v) is 30.6.